The third kappa shape index (κ3) is 6.45. The van der Waals surface area contributed by atoms with E-state index < -0.39 is 5.92 Å². The number of nitrogens with zero attached hydrogens (tertiary/aromatic N) is 2. The summed E-state index contributed by atoms with van der Waals surface area (Å²) < 4.78 is 35.2. The quantitative estimate of drug-likeness (QED) is 0.549. The second-order valence-corrected chi connectivity index (χ2v) is 11.3. The van der Waals surface area contributed by atoms with Crippen molar-refractivity contribution in [2.75, 3.05) is 38.2 Å². The number of rotatable bonds is 7. The van der Waals surface area contributed by atoms with Gasteiger partial charge in [-0.05, 0) is 30.5 Å². The van der Waals surface area contributed by atoms with Gasteiger partial charge in [0.2, 0.25) is 0 Å². The molecular weight excluding hydrogens is 436 g/mol. The molecule has 0 atom stereocenters. The predicted octanol–water partition coefficient (Wildman–Crippen LogP) is 5.82. The van der Waals surface area contributed by atoms with Crippen LogP contribution in [-0.4, -0.2) is 48.2 Å². The summed E-state index contributed by atoms with van der Waals surface area (Å²) in [6, 6.07) is 7.82. The first-order valence-electron chi connectivity index (χ1n) is 12.0. The second-order valence-electron chi connectivity index (χ2n) is 11.3. The molecule has 0 aliphatic carbocycles. The number of anilines is 1. The molecule has 188 valence electrons. The number of benzene rings is 1. The van der Waals surface area contributed by atoms with Crippen LogP contribution in [0.4, 0.5) is 14.5 Å². The Morgan fingerprint density at radius 2 is 1.68 bits per heavy atom. The van der Waals surface area contributed by atoms with E-state index in [2.05, 4.69) is 49.4 Å². The second kappa shape index (κ2) is 9.78. The summed E-state index contributed by atoms with van der Waals surface area (Å²) in [5.41, 5.74) is 2.59. The van der Waals surface area contributed by atoms with E-state index in [1.54, 1.807) is 6.07 Å². The minimum absolute atomic E-state index is 0.0180. The molecule has 0 spiro atoms. The van der Waals surface area contributed by atoms with Crippen molar-refractivity contribution >= 4 is 11.6 Å². The highest BCUT2D eigenvalue weighted by Crippen LogP contribution is 2.33. The van der Waals surface area contributed by atoms with Crippen LogP contribution in [-0.2, 0) is 22.6 Å². The average Bonchev–Trinajstić information content (AvgIpc) is 3.04. The first kappa shape index (κ1) is 26.4. The van der Waals surface area contributed by atoms with Crippen LogP contribution in [0.3, 0.4) is 0 Å². The fraction of sp³-hybridized carbons (Fsp3) is 0.593. The molecule has 2 aromatic rings. The zero-order chi connectivity index (χ0) is 25.3. The number of carbonyl (C=O) groups excluding carboxylic acids is 1. The van der Waals surface area contributed by atoms with E-state index in [-0.39, 0.29) is 22.3 Å². The van der Waals surface area contributed by atoms with E-state index in [1.807, 2.05) is 13.0 Å². The van der Waals surface area contributed by atoms with E-state index in [4.69, 9.17) is 4.74 Å². The van der Waals surface area contributed by atoms with Crippen molar-refractivity contribution in [1.29, 1.82) is 0 Å². The van der Waals surface area contributed by atoms with Crippen LogP contribution in [0.1, 0.15) is 68.9 Å². The highest BCUT2D eigenvalue weighted by atomic mass is 19.3. The van der Waals surface area contributed by atoms with Crippen LogP contribution in [0.15, 0.2) is 30.3 Å². The van der Waals surface area contributed by atoms with Crippen molar-refractivity contribution in [3.8, 4) is 0 Å². The van der Waals surface area contributed by atoms with Crippen molar-refractivity contribution in [2.45, 2.75) is 66.3 Å². The van der Waals surface area contributed by atoms with E-state index in [1.165, 1.54) is 18.2 Å². The molecule has 1 N–H and O–H groups in total. The van der Waals surface area contributed by atoms with Gasteiger partial charge in [-0.15, -0.1) is 0 Å². The van der Waals surface area contributed by atoms with Crippen LogP contribution in [0.5, 0.6) is 0 Å². The molecule has 1 aromatic carbocycles. The molecule has 1 aliphatic heterocycles. The monoisotopic (exact) mass is 475 g/mol. The Morgan fingerprint density at radius 3 is 2.26 bits per heavy atom. The third-order valence-corrected chi connectivity index (χ3v) is 6.35. The van der Waals surface area contributed by atoms with Crippen LogP contribution >= 0.6 is 0 Å². The Kier molecular flexibility index (Phi) is 7.58. The molecule has 1 fully saturated rings. The van der Waals surface area contributed by atoms with Gasteiger partial charge in [0.05, 0.1) is 18.8 Å². The molecule has 5 nitrogen and oxygen atoms in total. The molecule has 0 unspecified atom stereocenters. The molecule has 0 saturated carbocycles. The lowest BCUT2D eigenvalue weighted by atomic mass is 9.89. The molecule has 0 bridgehead atoms. The van der Waals surface area contributed by atoms with Crippen LogP contribution < -0.4 is 5.32 Å². The number of ether oxygens (including phenoxy) is 1. The molecule has 34 heavy (non-hydrogen) atoms. The molecule has 7 heteroatoms. The van der Waals surface area contributed by atoms with Crippen LogP contribution in [0, 0.1) is 12.3 Å². The van der Waals surface area contributed by atoms with Crippen LogP contribution in [0.25, 0.3) is 0 Å². The summed E-state index contributed by atoms with van der Waals surface area (Å²) in [5.74, 6) is -3.25. The molecular formula is C27H39F2N3O2. The Bertz CT molecular complexity index is 1010. The fourth-order valence-electron chi connectivity index (χ4n) is 4.61. The van der Waals surface area contributed by atoms with Gasteiger partial charge in [0.15, 0.2) is 0 Å². The molecule has 2 heterocycles. The molecule has 1 saturated heterocycles. The lowest BCUT2D eigenvalue weighted by molar-refractivity contribution is 0.0174. The van der Waals surface area contributed by atoms with Crippen molar-refractivity contribution in [2.24, 2.45) is 5.41 Å². The Hall–Kier alpha value is -2.25. The van der Waals surface area contributed by atoms with E-state index >= 15 is 0 Å². The highest BCUT2D eigenvalue weighted by Gasteiger charge is 2.30. The lowest BCUT2D eigenvalue weighted by Gasteiger charge is -2.36. The number of amides is 1. The topological polar surface area (TPSA) is 46.5 Å². The SMILES string of the molecule is Cc1c(C(=O)Nc2cccc(C(C)(F)F)c2)cc(C(C)(C)C)n1CC(C)(C)CN1CCOCC1. The smallest absolute Gasteiger partial charge is 0.270 e. The van der Waals surface area contributed by atoms with Crippen LogP contribution in [0.2, 0.25) is 0 Å². The Morgan fingerprint density at radius 1 is 1.03 bits per heavy atom. The third-order valence-electron chi connectivity index (χ3n) is 6.35. The maximum absolute atomic E-state index is 13.7. The minimum atomic E-state index is -2.97. The Balaban J connectivity index is 1.87. The predicted molar refractivity (Wildman–Crippen MR) is 133 cm³/mol. The zero-order valence-corrected chi connectivity index (χ0v) is 21.6. The number of halogens is 2. The van der Waals surface area contributed by atoms with Crippen molar-refractivity contribution in [3.05, 3.63) is 52.8 Å². The summed E-state index contributed by atoms with van der Waals surface area (Å²) in [4.78, 5) is 15.7. The largest absolute Gasteiger partial charge is 0.379 e. The molecule has 1 aliphatic rings. The minimum Gasteiger partial charge on any atom is -0.379 e. The van der Waals surface area contributed by atoms with Gasteiger partial charge >= 0.3 is 0 Å². The zero-order valence-electron chi connectivity index (χ0n) is 21.6. The number of hydrogen-bond acceptors (Lipinski definition) is 3. The van der Waals surface area contributed by atoms with Gasteiger partial charge in [-0.1, -0.05) is 46.8 Å². The van der Waals surface area contributed by atoms with E-state index in [0.717, 1.165) is 57.7 Å². The van der Waals surface area contributed by atoms with Gasteiger partial charge < -0.3 is 14.6 Å². The van der Waals surface area contributed by atoms with Crippen molar-refractivity contribution < 1.29 is 18.3 Å². The number of morpholine rings is 1. The fourth-order valence-corrected chi connectivity index (χ4v) is 4.61. The number of nitrogens with one attached hydrogen (secondary N) is 1. The summed E-state index contributed by atoms with van der Waals surface area (Å²) in [7, 11) is 0. The number of carbonyl (C=O) groups is 1. The summed E-state index contributed by atoms with van der Waals surface area (Å²) >= 11 is 0. The van der Waals surface area contributed by atoms with E-state index in [0.29, 0.717) is 11.3 Å². The maximum Gasteiger partial charge on any atom is 0.270 e. The van der Waals surface area contributed by atoms with Gasteiger partial charge in [-0.25, -0.2) is 8.78 Å². The van der Waals surface area contributed by atoms with Crippen molar-refractivity contribution in [3.63, 3.8) is 0 Å². The van der Waals surface area contributed by atoms with Gasteiger partial charge in [0, 0.05) is 61.2 Å². The number of hydrogen-bond donors (Lipinski definition) is 1. The lowest BCUT2D eigenvalue weighted by Crippen LogP contribution is -2.43. The summed E-state index contributed by atoms with van der Waals surface area (Å²) in [5, 5.41) is 2.82. The molecule has 1 aromatic heterocycles. The van der Waals surface area contributed by atoms with Gasteiger partial charge in [0.1, 0.15) is 0 Å². The number of aromatic nitrogens is 1. The van der Waals surface area contributed by atoms with Gasteiger partial charge in [0.25, 0.3) is 11.8 Å². The highest BCUT2D eigenvalue weighted by molar-refractivity contribution is 6.05. The molecule has 1 amide bonds. The summed E-state index contributed by atoms with van der Waals surface area (Å²) in [6.45, 7) is 18.9. The normalized spacial score (nSPS) is 16.0. The first-order chi connectivity index (χ1) is 15.7. The standard InChI is InChI=1S/C27H39F2N3O2/c1-19-22(24(33)30-21-10-8-9-20(15-21)27(7,28)29)16-23(25(2,3)4)32(19)18-26(5,6)17-31-11-13-34-14-12-31/h8-10,15-16H,11-14,17-18H2,1-7H3,(H,30,33). The summed E-state index contributed by atoms with van der Waals surface area (Å²) in [6.07, 6.45) is 0. The molecule has 0 radical (unpaired) electrons. The average molecular weight is 476 g/mol. The van der Waals surface area contributed by atoms with E-state index in [9.17, 15) is 13.6 Å². The van der Waals surface area contributed by atoms with Crippen molar-refractivity contribution in [1.82, 2.24) is 9.47 Å². The number of alkyl halides is 2. The first-order valence-corrected chi connectivity index (χ1v) is 12.0. The Labute approximate surface area is 202 Å². The maximum atomic E-state index is 13.7. The van der Waals surface area contributed by atoms with Gasteiger partial charge in [-0.3, -0.25) is 9.69 Å². The van der Waals surface area contributed by atoms with Gasteiger partial charge in [-0.2, -0.15) is 0 Å². The molecule has 3 rings (SSSR count).